The van der Waals surface area contributed by atoms with Crippen LogP contribution < -0.4 is 20.1 Å². The minimum absolute atomic E-state index is 0.325. The molecule has 3 N–H and O–H groups in total. The zero-order valence-corrected chi connectivity index (χ0v) is 11.4. The van der Waals surface area contributed by atoms with E-state index in [0.717, 1.165) is 12.2 Å². The first-order chi connectivity index (χ1) is 8.49. The Morgan fingerprint density at radius 1 is 1.28 bits per heavy atom. The molecule has 0 aromatic heterocycles. The number of hydrogen-bond acceptors (Lipinski definition) is 5. The van der Waals surface area contributed by atoms with Crippen molar-refractivity contribution in [3.05, 3.63) is 12.1 Å². The minimum atomic E-state index is -0.325. The molecule has 0 aliphatic carbocycles. The number of rotatable bonds is 6. The Hall–Kier alpha value is -1.62. The summed E-state index contributed by atoms with van der Waals surface area (Å²) in [6, 6.07) is 3.59. The van der Waals surface area contributed by atoms with Crippen LogP contribution in [0.15, 0.2) is 12.1 Å². The molecule has 1 unspecified atom stereocenters. The molecule has 0 bridgehead atoms. The molecular weight excluding hydrogens is 232 g/mol. The molecule has 0 amide bonds. The maximum Gasteiger partial charge on any atom is 0.162 e. The number of nitrogen functional groups attached to an aromatic ring is 1. The van der Waals surface area contributed by atoms with Crippen molar-refractivity contribution in [1.82, 2.24) is 0 Å². The van der Waals surface area contributed by atoms with Crippen LogP contribution in [0.1, 0.15) is 13.3 Å². The van der Waals surface area contributed by atoms with Crippen molar-refractivity contribution < 1.29 is 14.6 Å². The second-order valence-corrected chi connectivity index (χ2v) is 4.33. The first-order valence-corrected chi connectivity index (χ1v) is 5.90. The summed E-state index contributed by atoms with van der Waals surface area (Å²) in [5.41, 5.74) is 7.48. The highest BCUT2D eigenvalue weighted by Gasteiger charge is 2.12. The van der Waals surface area contributed by atoms with Crippen molar-refractivity contribution in [1.29, 1.82) is 0 Å². The molecule has 1 rings (SSSR count). The number of methoxy groups -OCH3 is 2. The van der Waals surface area contributed by atoms with Crippen molar-refractivity contribution in [2.24, 2.45) is 0 Å². The van der Waals surface area contributed by atoms with Gasteiger partial charge in [0, 0.05) is 25.7 Å². The molecule has 0 saturated carbocycles. The summed E-state index contributed by atoms with van der Waals surface area (Å²) in [4.78, 5) is 1.99. The van der Waals surface area contributed by atoms with Crippen LogP contribution >= 0.6 is 0 Å². The molecule has 0 aliphatic heterocycles. The summed E-state index contributed by atoms with van der Waals surface area (Å²) in [5, 5.41) is 9.30. The molecule has 5 heteroatoms. The monoisotopic (exact) mass is 254 g/mol. The van der Waals surface area contributed by atoms with Crippen LogP contribution in [0.5, 0.6) is 11.5 Å². The largest absolute Gasteiger partial charge is 0.493 e. The second kappa shape index (κ2) is 6.35. The predicted octanol–water partition coefficient (Wildman–Crippen LogP) is 1.49. The van der Waals surface area contributed by atoms with Crippen LogP contribution in [0.25, 0.3) is 0 Å². The summed E-state index contributed by atoms with van der Waals surface area (Å²) in [6.45, 7) is 2.49. The summed E-state index contributed by atoms with van der Waals surface area (Å²) < 4.78 is 10.4. The lowest BCUT2D eigenvalue weighted by Gasteiger charge is -2.23. The van der Waals surface area contributed by atoms with Crippen LogP contribution in [-0.4, -0.2) is 39.0 Å². The van der Waals surface area contributed by atoms with E-state index in [1.54, 1.807) is 27.2 Å². The van der Waals surface area contributed by atoms with Gasteiger partial charge in [0.2, 0.25) is 0 Å². The van der Waals surface area contributed by atoms with E-state index in [2.05, 4.69) is 0 Å². The number of nitrogens with zero attached hydrogens (tertiary/aromatic N) is 1. The van der Waals surface area contributed by atoms with Crippen molar-refractivity contribution in [3.8, 4) is 11.5 Å². The van der Waals surface area contributed by atoms with Crippen molar-refractivity contribution >= 4 is 11.4 Å². The summed E-state index contributed by atoms with van der Waals surface area (Å²) in [6.07, 6.45) is 0.360. The Balaban J connectivity index is 2.94. The van der Waals surface area contributed by atoms with E-state index >= 15 is 0 Å². The van der Waals surface area contributed by atoms with E-state index in [1.807, 2.05) is 18.0 Å². The Labute approximate surface area is 108 Å². The molecule has 0 fully saturated rings. The fraction of sp³-hybridized carbons (Fsp3) is 0.538. The third-order valence-electron chi connectivity index (χ3n) is 2.83. The summed E-state index contributed by atoms with van der Waals surface area (Å²) in [7, 11) is 5.10. The molecule has 0 spiro atoms. The minimum Gasteiger partial charge on any atom is -0.493 e. The van der Waals surface area contributed by atoms with Crippen LogP contribution in [0.3, 0.4) is 0 Å². The lowest BCUT2D eigenvalue weighted by Crippen LogP contribution is -2.22. The van der Waals surface area contributed by atoms with Gasteiger partial charge in [0.15, 0.2) is 11.5 Å². The number of anilines is 2. The highest BCUT2D eigenvalue weighted by Crippen LogP contribution is 2.36. The van der Waals surface area contributed by atoms with Crippen molar-refractivity contribution in [2.75, 3.05) is 38.4 Å². The number of aliphatic hydroxyl groups excluding tert-OH is 1. The standard InChI is InChI=1S/C13H22N2O3/c1-9(16)5-6-15(2)11-8-13(18-4)12(17-3)7-10(11)14/h7-9,16H,5-6,14H2,1-4H3. The average Bonchev–Trinajstić information content (AvgIpc) is 2.35. The van der Waals surface area contributed by atoms with Gasteiger partial charge in [-0.1, -0.05) is 0 Å². The number of hydrogen-bond donors (Lipinski definition) is 2. The van der Waals surface area contributed by atoms with E-state index in [1.165, 1.54) is 0 Å². The molecule has 0 heterocycles. The van der Waals surface area contributed by atoms with Gasteiger partial charge < -0.3 is 25.2 Å². The first kappa shape index (κ1) is 14.4. The highest BCUT2D eigenvalue weighted by molar-refractivity contribution is 5.72. The highest BCUT2D eigenvalue weighted by atomic mass is 16.5. The molecular formula is C13H22N2O3. The predicted molar refractivity (Wildman–Crippen MR) is 73.5 cm³/mol. The third-order valence-corrected chi connectivity index (χ3v) is 2.83. The van der Waals surface area contributed by atoms with Gasteiger partial charge in [-0.25, -0.2) is 0 Å². The molecule has 1 aromatic rings. The smallest absolute Gasteiger partial charge is 0.162 e. The van der Waals surface area contributed by atoms with E-state index in [4.69, 9.17) is 15.2 Å². The Morgan fingerprint density at radius 3 is 2.33 bits per heavy atom. The van der Waals surface area contributed by atoms with Crippen LogP contribution in [0.4, 0.5) is 11.4 Å². The lowest BCUT2D eigenvalue weighted by molar-refractivity contribution is 0.187. The van der Waals surface area contributed by atoms with Crippen LogP contribution in [0, 0.1) is 0 Å². The van der Waals surface area contributed by atoms with Gasteiger partial charge in [0.25, 0.3) is 0 Å². The Morgan fingerprint density at radius 2 is 1.83 bits per heavy atom. The molecule has 0 radical (unpaired) electrons. The van der Waals surface area contributed by atoms with E-state index in [9.17, 15) is 5.11 Å². The normalized spacial score (nSPS) is 12.1. The van der Waals surface area contributed by atoms with E-state index in [0.29, 0.717) is 23.6 Å². The quantitative estimate of drug-likeness (QED) is 0.753. The lowest BCUT2D eigenvalue weighted by atomic mass is 10.2. The van der Waals surface area contributed by atoms with Gasteiger partial charge in [-0.05, 0) is 13.3 Å². The average molecular weight is 254 g/mol. The number of aliphatic hydroxyl groups is 1. The zero-order valence-electron chi connectivity index (χ0n) is 11.4. The van der Waals surface area contributed by atoms with Crippen molar-refractivity contribution in [2.45, 2.75) is 19.4 Å². The molecule has 5 nitrogen and oxygen atoms in total. The third kappa shape index (κ3) is 3.43. The first-order valence-electron chi connectivity index (χ1n) is 5.90. The van der Waals surface area contributed by atoms with Gasteiger partial charge in [-0.15, -0.1) is 0 Å². The topological polar surface area (TPSA) is 68.0 Å². The summed E-state index contributed by atoms with van der Waals surface area (Å²) in [5.74, 6) is 1.26. The maximum atomic E-state index is 9.30. The van der Waals surface area contributed by atoms with Gasteiger partial charge >= 0.3 is 0 Å². The van der Waals surface area contributed by atoms with E-state index < -0.39 is 0 Å². The van der Waals surface area contributed by atoms with Crippen LogP contribution in [-0.2, 0) is 0 Å². The van der Waals surface area contributed by atoms with Gasteiger partial charge in [-0.3, -0.25) is 0 Å². The van der Waals surface area contributed by atoms with E-state index in [-0.39, 0.29) is 6.10 Å². The number of nitrogens with two attached hydrogens (primary N) is 1. The molecule has 1 aromatic carbocycles. The second-order valence-electron chi connectivity index (χ2n) is 4.33. The molecule has 0 saturated heterocycles. The van der Waals surface area contributed by atoms with Crippen molar-refractivity contribution in [3.63, 3.8) is 0 Å². The molecule has 18 heavy (non-hydrogen) atoms. The zero-order chi connectivity index (χ0) is 13.7. The summed E-state index contributed by atoms with van der Waals surface area (Å²) >= 11 is 0. The van der Waals surface area contributed by atoms with Crippen LogP contribution in [0.2, 0.25) is 0 Å². The number of benzene rings is 1. The Kier molecular flexibility index (Phi) is 5.09. The van der Waals surface area contributed by atoms with Gasteiger partial charge in [0.05, 0.1) is 31.7 Å². The molecule has 102 valence electrons. The Bertz CT molecular complexity index is 394. The van der Waals surface area contributed by atoms with Gasteiger partial charge in [0.1, 0.15) is 0 Å². The maximum absolute atomic E-state index is 9.30. The molecule has 1 atom stereocenters. The number of ether oxygens (including phenoxy) is 2. The molecule has 0 aliphatic rings. The fourth-order valence-electron chi connectivity index (χ4n) is 1.72. The SMILES string of the molecule is COc1cc(N)c(N(C)CCC(C)O)cc1OC. The van der Waals surface area contributed by atoms with Gasteiger partial charge in [-0.2, -0.15) is 0 Å². The fourth-order valence-corrected chi connectivity index (χ4v) is 1.72.